The Morgan fingerprint density at radius 1 is 1.17 bits per heavy atom. The first-order valence-corrected chi connectivity index (χ1v) is 7.98. The molecule has 1 heterocycles. The van der Waals surface area contributed by atoms with Crippen molar-refractivity contribution in [3.8, 4) is 11.5 Å². The summed E-state index contributed by atoms with van der Waals surface area (Å²) in [6, 6.07) is 14.4. The van der Waals surface area contributed by atoms with Crippen molar-refractivity contribution in [1.29, 1.82) is 0 Å². The molecule has 5 heteroatoms. The Kier molecular flexibility index (Phi) is 4.79. The number of ether oxygens (including phenoxy) is 1. The first-order chi connectivity index (χ1) is 11.7. The summed E-state index contributed by atoms with van der Waals surface area (Å²) in [7, 11) is 0. The second-order valence-corrected chi connectivity index (χ2v) is 5.74. The van der Waals surface area contributed by atoms with Gasteiger partial charge in [-0.25, -0.2) is 0 Å². The molecule has 0 unspecified atom stereocenters. The van der Waals surface area contributed by atoms with Gasteiger partial charge in [0.05, 0.1) is 12.2 Å². The Hall–Kier alpha value is -2.82. The van der Waals surface area contributed by atoms with Crippen LogP contribution in [0.2, 0.25) is 0 Å². The van der Waals surface area contributed by atoms with Crippen molar-refractivity contribution in [2.45, 2.75) is 25.3 Å². The number of hydrogen-bond acceptors (Lipinski definition) is 4. The number of phenols is 1. The molecule has 0 saturated carbocycles. The molecule has 3 rings (SSSR count). The van der Waals surface area contributed by atoms with Crippen molar-refractivity contribution < 1.29 is 19.4 Å². The lowest BCUT2D eigenvalue weighted by Crippen LogP contribution is -2.34. The molecule has 124 valence electrons. The number of aldehydes is 1. The summed E-state index contributed by atoms with van der Waals surface area (Å²) in [6.45, 7) is 0.367. The summed E-state index contributed by atoms with van der Waals surface area (Å²) < 4.78 is 5.66. The minimum absolute atomic E-state index is 0.0805. The monoisotopic (exact) mass is 325 g/mol. The van der Waals surface area contributed by atoms with Crippen molar-refractivity contribution in [3.63, 3.8) is 0 Å². The van der Waals surface area contributed by atoms with Crippen LogP contribution in [0.1, 0.15) is 29.6 Å². The van der Waals surface area contributed by atoms with Crippen LogP contribution in [0.5, 0.6) is 11.5 Å². The quantitative estimate of drug-likeness (QED) is 0.829. The molecule has 24 heavy (non-hydrogen) atoms. The number of rotatable bonds is 6. The third-order valence-electron chi connectivity index (χ3n) is 4.23. The molecule has 2 aromatic rings. The first kappa shape index (κ1) is 16.1. The third-order valence-corrected chi connectivity index (χ3v) is 4.23. The molecule has 2 aromatic carbocycles. The van der Waals surface area contributed by atoms with Gasteiger partial charge in [0.15, 0.2) is 6.29 Å². The number of amides is 1. The Morgan fingerprint density at radius 3 is 2.71 bits per heavy atom. The number of benzene rings is 2. The molecular formula is C19H19NO4. The summed E-state index contributed by atoms with van der Waals surface area (Å²) >= 11 is 0. The molecule has 1 aliphatic heterocycles. The highest BCUT2D eigenvalue weighted by molar-refractivity contribution is 5.96. The zero-order valence-electron chi connectivity index (χ0n) is 13.2. The molecule has 0 radical (unpaired) electrons. The summed E-state index contributed by atoms with van der Waals surface area (Å²) in [6.07, 6.45) is 2.57. The van der Waals surface area contributed by atoms with E-state index in [1.54, 1.807) is 12.1 Å². The maximum atomic E-state index is 12.2. The molecule has 1 N–H and O–H groups in total. The van der Waals surface area contributed by atoms with Gasteiger partial charge in [-0.15, -0.1) is 0 Å². The topological polar surface area (TPSA) is 66.8 Å². The fourth-order valence-electron chi connectivity index (χ4n) is 3.04. The number of carbonyl (C=O) groups excluding carboxylic acids is 2. The van der Waals surface area contributed by atoms with Crippen molar-refractivity contribution in [1.82, 2.24) is 0 Å². The van der Waals surface area contributed by atoms with Gasteiger partial charge in [-0.3, -0.25) is 9.59 Å². The third kappa shape index (κ3) is 3.25. The molecule has 5 nitrogen and oxygen atoms in total. The van der Waals surface area contributed by atoms with Gasteiger partial charge < -0.3 is 14.7 Å². The molecular weight excluding hydrogens is 306 g/mol. The second-order valence-electron chi connectivity index (χ2n) is 5.74. The molecule has 1 atom stereocenters. The van der Waals surface area contributed by atoms with E-state index in [0.29, 0.717) is 31.5 Å². The highest BCUT2D eigenvalue weighted by Gasteiger charge is 2.31. The molecule has 0 aliphatic carbocycles. The summed E-state index contributed by atoms with van der Waals surface area (Å²) in [4.78, 5) is 25.0. The van der Waals surface area contributed by atoms with Gasteiger partial charge in [0.25, 0.3) is 0 Å². The van der Waals surface area contributed by atoms with Crippen molar-refractivity contribution in [2.24, 2.45) is 0 Å². The molecule has 1 fully saturated rings. The van der Waals surface area contributed by atoms with Crippen LogP contribution in [0.3, 0.4) is 0 Å². The second kappa shape index (κ2) is 7.17. The minimum Gasteiger partial charge on any atom is -0.507 e. The van der Waals surface area contributed by atoms with Gasteiger partial charge in [-0.05, 0) is 30.7 Å². The lowest BCUT2D eigenvalue weighted by atomic mass is 10.1. The summed E-state index contributed by atoms with van der Waals surface area (Å²) in [5.41, 5.74) is 1.05. The van der Waals surface area contributed by atoms with Crippen LogP contribution in [-0.2, 0) is 4.79 Å². The molecule has 1 amide bonds. The predicted molar refractivity (Wildman–Crippen MR) is 90.6 cm³/mol. The average molecular weight is 325 g/mol. The fraction of sp³-hybridized carbons (Fsp3) is 0.263. The Labute approximate surface area is 140 Å². The number of nitrogens with zero attached hydrogens (tertiary/aromatic N) is 1. The Morgan fingerprint density at radius 2 is 1.96 bits per heavy atom. The standard InChI is InChI=1S/C19H19NO4/c21-13-16-17(22)7-4-8-18(16)24-12-11-15-9-10-19(23)20(15)14-5-2-1-3-6-14/h1-8,13,15,22H,9-12H2/t15-/m0/s1. The lowest BCUT2D eigenvalue weighted by molar-refractivity contribution is -0.117. The predicted octanol–water partition coefficient (Wildman–Crippen LogP) is 3.17. The summed E-state index contributed by atoms with van der Waals surface area (Å²) in [5, 5.41) is 9.66. The smallest absolute Gasteiger partial charge is 0.227 e. The maximum Gasteiger partial charge on any atom is 0.227 e. The van der Waals surface area contributed by atoms with Gasteiger partial charge in [-0.1, -0.05) is 24.3 Å². The molecule has 0 bridgehead atoms. The number of hydrogen-bond donors (Lipinski definition) is 1. The zero-order valence-corrected chi connectivity index (χ0v) is 13.2. The van der Waals surface area contributed by atoms with Gasteiger partial charge in [0.1, 0.15) is 11.5 Å². The van der Waals surface area contributed by atoms with Crippen LogP contribution in [0.25, 0.3) is 0 Å². The number of aromatic hydroxyl groups is 1. The van der Waals surface area contributed by atoms with Crippen LogP contribution >= 0.6 is 0 Å². The molecule has 1 saturated heterocycles. The Balaban J connectivity index is 1.65. The average Bonchev–Trinajstić information content (AvgIpc) is 2.96. The van der Waals surface area contributed by atoms with E-state index < -0.39 is 0 Å². The van der Waals surface area contributed by atoms with E-state index in [0.717, 1.165) is 12.1 Å². The van der Waals surface area contributed by atoms with Crippen molar-refractivity contribution in [3.05, 3.63) is 54.1 Å². The van der Waals surface area contributed by atoms with Gasteiger partial charge in [0.2, 0.25) is 5.91 Å². The first-order valence-electron chi connectivity index (χ1n) is 7.98. The summed E-state index contributed by atoms with van der Waals surface area (Å²) in [5.74, 6) is 0.391. The normalized spacial score (nSPS) is 17.1. The zero-order chi connectivity index (χ0) is 16.9. The van der Waals surface area contributed by atoms with Gasteiger partial charge in [-0.2, -0.15) is 0 Å². The maximum absolute atomic E-state index is 12.2. The Bertz CT molecular complexity index is 729. The van der Waals surface area contributed by atoms with Crippen LogP contribution < -0.4 is 9.64 Å². The number of phenolic OH excluding ortho intramolecular Hbond substituents is 1. The van der Waals surface area contributed by atoms with Crippen LogP contribution in [0, 0.1) is 0 Å². The van der Waals surface area contributed by atoms with E-state index >= 15 is 0 Å². The number of para-hydroxylation sites is 1. The van der Waals surface area contributed by atoms with E-state index in [1.807, 2.05) is 35.2 Å². The van der Waals surface area contributed by atoms with Crippen molar-refractivity contribution >= 4 is 17.9 Å². The van der Waals surface area contributed by atoms with E-state index in [-0.39, 0.29) is 23.3 Å². The van der Waals surface area contributed by atoms with Crippen LogP contribution in [0.15, 0.2) is 48.5 Å². The highest BCUT2D eigenvalue weighted by atomic mass is 16.5. The fourth-order valence-corrected chi connectivity index (χ4v) is 3.04. The molecule has 1 aliphatic rings. The minimum atomic E-state index is -0.0931. The van der Waals surface area contributed by atoms with Crippen LogP contribution in [0.4, 0.5) is 5.69 Å². The number of anilines is 1. The van der Waals surface area contributed by atoms with E-state index in [9.17, 15) is 14.7 Å². The largest absolute Gasteiger partial charge is 0.507 e. The van der Waals surface area contributed by atoms with E-state index in [2.05, 4.69) is 0 Å². The number of carbonyl (C=O) groups is 2. The van der Waals surface area contributed by atoms with E-state index in [4.69, 9.17) is 4.74 Å². The van der Waals surface area contributed by atoms with E-state index in [1.165, 1.54) is 6.07 Å². The molecule has 0 spiro atoms. The lowest BCUT2D eigenvalue weighted by Gasteiger charge is -2.25. The SMILES string of the molecule is O=Cc1c(O)cccc1OCC[C@@H]1CCC(=O)N1c1ccccc1. The molecule has 0 aromatic heterocycles. The van der Waals surface area contributed by atoms with Gasteiger partial charge >= 0.3 is 0 Å². The highest BCUT2D eigenvalue weighted by Crippen LogP contribution is 2.29. The van der Waals surface area contributed by atoms with Crippen LogP contribution in [-0.4, -0.2) is 29.9 Å². The van der Waals surface area contributed by atoms with Crippen molar-refractivity contribution in [2.75, 3.05) is 11.5 Å². The van der Waals surface area contributed by atoms with Gasteiger partial charge in [0, 0.05) is 24.6 Å².